The first-order chi connectivity index (χ1) is 11.1. The lowest BCUT2D eigenvalue weighted by Gasteiger charge is -2.29. The third-order valence-electron chi connectivity index (χ3n) is 4.92. The summed E-state index contributed by atoms with van der Waals surface area (Å²) >= 11 is 0. The van der Waals surface area contributed by atoms with E-state index in [0.29, 0.717) is 5.56 Å². The summed E-state index contributed by atoms with van der Waals surface area (Å²) in [6.45, 7) is 4.31. The number of amides is 1. The van der Waals surface area contributed by atoms with Crippen molar-refractivity contribution in [1.29, 1.82) is 0 Å². The SMILES string of the molecule is CC1(c2ccccc2)CCCN(c2ccc(C(N)=O)cn2)CC1. The summed E-state index contributed by atoms with van der Waals surface area (Å²) in [5.74, 6) is 0.490. The molecule has 1 unspecified atom stereocenters. The van der Waals surface area contributed by atoms with Crippen molar-refractivity contribution in [1.82, 2.24) is 4.98 Å². The molecule has 120 valence electrons. The number of hydrogen-bond donors (Lipinski definition) is 1. The largest absolute Gasteiger partial charge is 0.366 e. The highest BCUT2D eigenvalue weighted by Gasteiger charge is 2.29. The molecule has 2 aromatic rings. The van der Waals surface area contributed by atoms with E-state index in [2.05, 4.69) is 47.1 Å². The molecule has 4 nitrogen and oxygen atoms in total. The molecule has 4 heteroatoms. The Balaban J connectivity index is 1.74. The van der Waals surface area contributed by atoms with Crippen molar-refractivity contribution in [3.63, 3.8) is 0 Å². The first-order valence-electron chi connectivity index (χ1n) is 8.15. The van der Waals surface area contributed by atoms with E-state index in [9.17, 15) is 4.79 Å². The van der Waals surface area contributed by atoms with Gasteiger partial charge in [-0.3, -0.25) is 4.79 Å². The summed E-state index contributed by atoms with van der Waals surface area (Å²) < 4.78 is 0. The van der Waals surface area contributed by atoms with Crippen LogP contribution in [0, 0.1) is 0 Å². The van der Waals surface area contributed by atoms with Gasteiger partial charge >= 0.3 is 0 Å². The fourth-order valence-corrected chi connectivity index (χ4v) is 3.36. The van der Waals surface area contributed by atoms with Gasteiger partial charge in [-0.1, -0.05) is 37.3 Å². The van der Waals surface area contributed by atoms with Gasteiger partial charge in [-0.15, -0.1) is 0 Å². The van der Waals surface area contributed by atoms with Crippen molar-refractivity contribution in [2.24, 2.45) is 5.73 Å². The molecule has 2 heterocycles. The monoisotopic (exact) mass is 309 g/mol. The predicted molar refractivity (Wildman–Crippen MR) is 92.6 cm³/mol. The minimum absolute atomic E-state index is 0.211. The molecule has 23 heavy (non-hydrogen) atoms. The zero-order valence-electron chi connectivity index (χ0n) is 13.5. The van der Waals surface area contributed by atoms with Crippen molar-refractivity contribution in [3.05, 3.63) is 59.8 Å². The quantitative estimate of drug-likeness (QED) is 0.947. The van der Waals surface area contributed by atoms with Gasteiger partial charge < -0.3 is 10.6 Å². The van der Waals surface area contributed by atoms with Crippen LogP contribution in [0.5, 0.6) is 0 Å². The lowest BCUT2D eigenvalue weighted by atomic mass is 9.76. The topological polar surface area (TPSA) is 59.2 Å². The molecule has 1 atom stereocenters. The number of benzene rings is 1. The van der Waals surface area contributed by atoms with Gasteiger partial charge in [-0.2, -0.15) is 0 Å². The molecular weight excluding hydrogens is 286 g/mol. The van der Waals surface area contributed by atoms with Crippen molar-refractivity contribution in [2.45, 2.75) is 31.6 Å². The first-order valence-corrected chi connectivity index (χ1v) is 8.15. The average molecular weight is 309 g/mol. The molecule has 0 saturated carbocycles. The Labute approximate surface area is 137 Å². The zero-order valence-corrected chi connectivity index (χ0v) is 13.5. The van der Waals surface area contributed by atoms with Crippen LogP contribution >= 0.6 is 0 Å². The van der Waals surface area contributed by atoms with Crippen LogP contribution in [0.25, 0.3) is 0 Å². The highest BCUT2D eigenvalue weighted by atomic mass is 16.1. The van der Waals surface area contributed by atoms with Crippen LogP contribution < -0.4 is 10.6 Å². The Bertz CT molecular complexity index is 669. The maximum absolute atomic E-state index is 11.2. The molecule has 2 N–H and O–H groups in total. The number of aromatic nitrogens is 1. The second kappa shape index (κ2) is 6.41. The molecule has 0 spiro atoms. The Morgan fingerprint density at radius 1 is 1.13 bits per heavy atom. The molecule has 1 aliphatic heterocycles. The van der Waals surface area contributed by atoms with Crippen molar-refractivity contribution in [3.8, 4) is 0 Å². The lowest BCUT2D eigenvalue weighted by Crippen LogP contribution is -2.28. The Morgan fingerprint density at radius 3 is 2.57 bits per heavy atom. The number of primary amides is 1. The average Bonchev–Trinajstić information content (AvgIpc) is 2.79. The van der Waals surface area contributed by atoms with E-state index in [1.807, 2.05) is 6.07 Å². The molecule has 1 aromatic carbocycles. The van der Waals surface area contributed by atoms with E-state index < -0.39 is 5.91 Å². The van der Waals surface area contributed by atoms with Gasteiger partial charge in [0.15, 0.2) is 0 Å². The molecule has 1 aliphatic rings. The van der Waals surface area contributed by atoms with Crippen LogP contribution in [0.4, 0.5) is 5.82 Å². The summed E-state index contributed by atoms with van der Waals surface area (Å²) in [6, 6.07) is 14.4. The number of hydrogen-bond acceptors (Lipinski definition) is 3. The van der Waals surface area contributed by atoms with Crippen LogP contribution in [-0.4, -0.2) is 24.0 Å². The molecular formula is C19H23N3O. The highest BCUT2D eigenvalue weighted by Crippen LogP contribution is 2.35. The second-order valence-corrected chi connectivity index (χ2v) is 6.54. The molecule has 1 saturated heterocycles. The summed E-state index contributed by atoms with van der Waals surface area (Å²) in [4.78, 5) is 17.9. The molecule has 1 fully saturated rings. The molecule has 1 aromatic heterocycles. The Morgan fingerprint density at radius 2 is 1.91 bits per heavy atom. The van der Waals surface area contributed by atoms with Crippen LogP contribution in [0.1, 0.15) is 42.1 Å². The van der Waals surface area contributed by atoms with E-state index in [1.54, 1.807) is 12.3 Å². The summed E-state index contributed by atoms with van der Waals surface area (Å²) in [6.07, 6.45) is 4.97. The maximum Gasteiger partial charge on any atom is 0.250 e. The Kier molecular flexibility index (Phi) is 4.33. The van der Waals surface area contributed by atoms with Gasteiger partial charge in [-0.05, 0) is 42.4 Å². The van der Waals surface area contributed by atoms with Gasteiger partial charge in [-0.25, -0.2) is 4.98 Å². The first kappa shape index (κ1) is 15.5. The van der Waals surface area contributed by atoms with E-state index in [0.717, 1.165) is 31.7 Å². The number of pyridine rings is 1. The summed E-state index contributed by atoms with van der Waals surface area (Å²) in [5, 5.41) is 0. The van der Waals surface area contributed by atoms with Gasteiger partial charge in [0.25, 0.3) is 0 Å². The fraction of sp³-hybridized carbons (Fsp3) is 0.368. The van der Waals surface area contributed by atoms with Crippen LogP contribution in [0.3, 0.4) is 0 Å². The van der Waals surface area contributed by atoms with Crippen LogP contribution in [0.15, 0.2) is 48.7 Å². The van der Waals surface area contributed by atoms with E-state index in [-0.39, 0.29) is 5.41 Å². The standard InChI is InChI=1S/C19H23N3O/c1-19(16-6-3-2-4-7-16)10-5-12-22(13-11-19)17-9-8-15(14-21-17)18(20)23/h2-4,6-9,14H,5,10-13H2,1H3,(H2,20,23). The van der Waals surface area contributed by atoms with Gasteiger partial charge in [0.2, 0.25) is 5.91 Å². The van der Waals surface area contributed by atoms with E-state index in [4.69, 9.17) is 5.73 Å². The minimum atomic E-state index is -0.434. The zero-order chi connectivity index (χ0) is 16.3. The number of anilines is 1. The van der Waals surface area contributed by atoms with E-state index >= 15 is 0 Å². The van der Waals surface area contributed by atoms with Crippen molar-refractivity contribution in [2.75, 3.05) is 18.0 Å². The predicted octanol–water partition coefficient (Wildman–Crippen LogP) is 3.13. The minimum Gasteiger partial charge on any atom is -0.366 e. The number of nitrogens with two attached hydrogens (primary N) is 1. The lowest BCUT2D eigenvalue weighted by molar-refractivity contribution is 0.1000. The summed E-state index contributed by atoms with van der Waals surface area (Å²) in [7, 11) is 0. The third kappa shape index (κ3) is 3.36. The maximum atomic E-state index is 11.2. The van der Waals surface area contributed by atoms with Crippen molar-refractivity contribution >= 4 is 11.7 Å². The molecule has 0 radical (unpaired) electrons. The van der Waals surface area contributed by atoms with Gasteiger partial charge in [0.1, 0.15) is 5.82 Å². The Hall–Kier alpha value is -2.36. The second-order valence-electron chi connectivity index (χ2n) is 6.54. The normalized spacial score (nSPS) is 21.7. The number of carbonyl (C=O) groups excluding carboxylic acids is 1. The van der Waals surface area contributed by atoms with Crippen LogP contribution in [-0.2, 0) is 5.41 Å². The fourth-order valence-electron chi connectivity index (χ4n) is 3.36. The number of carbonyl (C=O) groups is 1. The molecule has 0 bridgehead atoms. The molecule has 3 rings (SSSR count). The van der Waals surface area contributed by atoms with Crippen LogP contribution in [0.2, 0.25) is 0 Å². The summed E-state index contributed by atoms with van der Waals surface area (Å²) in [5.41, 5.74) is 7.36. The smallest absolute Gasteiger partial charge is 0.250 e. The third-order valence-corrected chi connectivity index (χ3v) is 4.92. The van der Waals surface area contributed by atoms with Gasteiger partial charge in [0.05, 0.1) is 5.56 Å². The van der Waals surface area contributed by atoms with Crippen molar-refractivity contribution < 1.29 is 4.79 Å². The number of nitrogens with zero attached hydrogens (tertiary/aromatic N) is 2. The molecule has 0 aliphatic carbocycles. The number of rotatable bonds is 3. The van der Waals surface area contributed by atoms with E-state index in [1.165, 1.54) is 12.0 Å². The highest BCUT2D eigenvalue weighted by molar-refractivity contribution is 5.92. The molecule has 1 amide bonds. The van der Waals surface area contributed by atoms with Gasteiger partial charge in [0, 0.05) is 19.3 Å².